The average Bonchev–Trinajstić information content (AvgIpc) is 3.24. The van der Waals surface area contributed by atoms with Gasteiger partial charge in [0.05, 0.1) is 33.9 Å². The van der Waals surface area contributed by atoms with E-state index in [1.54, 1.807) is 6.08 Å². The van der Waals surface area contributed by atoms with Crippen molar-refractivity contribution in [3.63, 3.8) is 0 Å². The molecule has 0 rings (SSSR count). The van der Waals surface area contributed by atoms with Gasteiger partial charge in [-0.05, 0) is 83.5 Å². The molecule has 0 bridgehead atoms. The number of carbonyl (C=O) groups excluding carboxylic acids is 2. The number of phosphoric ester groups is 1. The minimum Gasteiger partial charge on any atom is -0.756 e. The fourth-order valence-electron chi connectivity index (χ4n) is 5.83. The number of ether oxygens (including phenoxy) is 2. The van der Waals surface area contributed by atoms with Gasteiger partial charge in [0.2, 0.25) is 0 Å². The molecule has 0 heterocycles. The molecular formula is C53H88NO9P. The second kappa shape index (κ2) is 43.5. The van der Waals surface area contributed by atoms with E-state index in [-0.39, 0.29) is 26.1 Å². The number of hydrogen-bond donors (Lipinski definition) is 1. The summed E-state index contributed by atoms with van der Waals surface area (Å²) in [6, 6.07) is 0. The number of rotatable bonds is 42. The summed E-state index contributed by atoms with van der Waals surface area (Å²) in [7, 11) is 1.07. The lowest BCUT2D eigenvalue weighted by Gasteiger charge is -2.28. The second-order valence-electron chi connectivity index (χ2n) is 16.9. The lowest BCUT2D eigenvalue weighted by molar-refractivity contribution is -0.870. The molecule has 0 aliphatic rings. The van der Waals surface area contributed by atoms with Crippen LogP contribution in [0.25, 0.3) is 0 Å². The van der Waals surface area contributed by atoms with Crippen molar-refractivity contribution in [1.29, 1.82) is 0 Å². The van der Waals surface area contributed by atoms with E-state index in [0.717, 1.165) is 77.0 Å². The van der Waals surface area contributed by atoms with E-state index in [4.69, 9.17) is 18.5 Å². The first-order valence-electron chi connectivity index (χ1n) is 24.2. The standard InChI is InChI=1S/C53H88NO9P/c1-6-8-10-11-12-13-14-15-16-17-18-19-20-21-24-28-31-34-37-41-45-53(57)63-51(49-62-64(58,59)61-47-46-54(3,4)5)48-60-52(56)44-40-36-33-30-27-25-22-23-26-29-32-35-39-43-50(55)42-38-9-7-2/h9,13-14,16-17,19-20,23,25-27,32-33,35-36,38-39,43,50-51,55H,6-8,10-12,15,18,21-22,24,28-31,34,37,40-42,44-49H2,1-5H3/b14-13-,17-16-,20-19-,26-23-,27-25-,35-32+,36-33-,38-9-,43-39+/t50?,51-/m1/s1. The van der Waals surface area contributed by atoms with Crippen LogP contribution in [0.15, 0.2) is 109 Å². The van der Waals surface area contributed by atoms with Crippen LogP contribution in [-0.2, 0) is 32.7 Å². The number of quaternary nitrogens is 1. The number of aliphatic hydroxyl groups excluding tert-OH is 1. The van der Waals surface area contributed by atoms with Crippen molar-refractivity contribution in [2.45, 2.75) is 167 Å². The van der Waals surface area contributed by atoms with E-state index in [0.29, 0.717) is 30.3 Å². The maximum atomic E-state index is 12.7. The van der Waals surface area contributed by atoms with Crippen LogP contribution in [0.2, 0.25) is 0 Å². The monoisotopic (exact) mass is 914 g/mol. The minimum absolute atomic E-state index is 0.0579. The highest BCUT2D eigenvalue weighted by Crippen LogP contribution is 2.38. The van der Waals surface area contributed by atoms with Gasteiger partial charge in [-0.15, -0.1) is 0 Å². The third-order valence-corrected chi connectivity index (χ3v) is 10.6. The van der Waals surface area contributed by atoms with Gasteiger partial charge in [0.25, 0.3) is 7.82 Å². The Balaban J connectivity index is 4.50. The van der Waals surface area contributed by atoms with Crippen molar-refractivity contribution >= 4 is 19.8 Å². The molecule has 0 aromatic heterocycles. The molecule has 11 heteroatoms. The molecule has 0 aliphatic heterocycles. The van der Waals surface area contributed by atoms with Gasteiger partial charge >= 0.3 is 11.9 Å². The summed E-state index contributed by atoms with van der Waals surface area (Å²) in [5, 5.41) is 9.85. The van der Waals surface area contributed by atoms with Gasteiger partial charge in [0.1, 0.15) is 19.8 Å². The largest absolute Gasteiger partial charge is 0.756 e. The molecule has 0 aromatic rings. The van der Waals surface area contributed by atoms with Crippen LogP contribution in [0.5, 0.6) is 0 Å². The van der Waals surface area contributed by atoms with Crippen molar-refractivity contribution in [3.05, 3.63) is 109 Å². The first-order chi connectivity index (χ1) is 30.9. The molecule has 64 heavy (non-hydrogen) atoms. The van der Waals surface area contributed by atoms with Crippen molar-refractivity contribution in [3.8, 4) is 0 Å². The van der Waals surface area contributed by atoms with Gasteiger partial charge in [-0.2, -0.15) is 0 Å². The van der Waals surface area contributed by atoms with Crippen LogP contribution in [0, 0.1) is 0 Å². The number of hydrogen-bond acceptors (Lipinski definition) is 9. The van der Waals surface area contributed by atoms with Gasteiger partial charge < -0.3 is 33.0 Å². The summed E-state index contributed by atoms with van der Waals surface area (Å²) < 4.78 is 33.9. The highest BCUT2D eigenvalue weighted by Gasteiger charge is 2.21. The molecule has 3 atom stereocenters. The first-order valence-corrected chi connectivity index (χ1v) is 25.7. The zero-order chi connectivity index (χ0) is 47.3. The number of likely N-dealkylation sites (N-methyl/N-ethyl adjacent to an activating group) is 1. The number of carbonyl (C=O) groups is 2. The molecule has 0 saturated heterocycles. The molecule has 0 saturated carbocycles. The Bertz CT molecular complexity index is 1470. The predicted octanol–water partition coefficient (Wildman–Crippen LogP) is 12.6. The molecule has 0 amide bonds. The number of phosphoric acid groups is 1. The summed E-state index contributed by atoms with van der Waals surface area (Å²) in [6.07, 6.45) is 56.0. The van der Waals surface area contributed by atoms with E-state index in [9.17, 15) is 24.2 Å². The third kappa shape index (κ3) is 46.6. The number of aliphatic hydroxyl groups is 1. The van der Waals surface area contributed by atoms with Crippen LogP contribution in [0.4, 0.5) is 0 Å². The Morgan fingerprint density at radius 3 is 1.70 bits per heavy atom. The molecular weight excluding hydrogens is 826 g/mol. The average molecular weight is 914 g/mol. The second-order valence-corrected chi connectivity index (χ2v) is 18.3. The van der Waals surface area contributed by atoms with E-state index < -0.39 is 38.6 Å². The number of nitrogens with zero attached hydrogens (tertiary/aromatic N) is 1. The maximum Gasteiger partial charge on any atom is 0.306 e. The summed E-state index contributed by atoms with van der Waals surface area (Å²) in [6.45, 7) is 3.87. The summed E-state index contributed by atoms with van der Waals surface area (Å²) >= 11 is 0. The molecule has 0 aliphatic carbocycles. The number of esters is 2. The summed E-state index contributed by atoms with van der Waals surface area (Å²) in [5.41, 5.74) is 0. The number of allylic oxidation sites excluding steroid dienone is 16. The molecule has 364 valence electrons. The molecule has 2 unspecified atom stereocenters. The number of unbranched alkanes of at least 4 members (excludes halogenated alkanes) is 10. The van der Waals surface area contributed by atoms with Gasteiger partial charge in [-0.1, -0.05) is 168 Å². The Morgan fingerprint density at radius 1 is 0.594 bits per heavy atom. The third-order valence-electron chi connectivity index (χ3n) is 9.62. The molecule has 0 radical (unpaired) electrons. The fourth-order valence-corrected chi connectivity index (χ4v) is 6.56. The van der Waals surface area contributed by atoms with Gasteiger partial charge in [-0.25, -0.2) is 0 Å². The Morgan fingerprint density at radius 2 is 1.12 bits per heavy atom. The molecule has 1 N–H and O–H groups in total. The van der Waals surface area contributed by atoms with E-state index in [1.165, 1.54) is 32.1 Å². The highest BCUT2D eigenvalue weighted by molar-refractivity contribution is 7.45. The van der Waals surface area contributed by atoms with E-state index in [2.05, 4.69) is 74.6 Å². The predicted molar refractivity (Wildman–Crippen MR) is 264 cm³/mol. The topological polar surface area (TPSA) is 131 Å². The van der Waals surface area contributed by atoms with Crippen LogP contribution in [0.1, 0.15) is 155 Å². The normalized spacial score (nSPS) is 14.9. The highest BCUT2D eigenvalue weighted by atomic mass is 31.2. The van der Waals surface area contributed by atoms with Crippen LogP contribution in [0.3, 0.4) is 0 Å². The van der Waals surface area contributed by atoms with E-state index >= 15 is 0 Å². The zero-order valence-corrected chi connectivity index (χ0v) is 41.4. The first kappa shape index (κ1) is 60.6. The van der Waals surface area contributed by atoms with Crippen LogP contribution < -0.4 is 4.89 Å². The molecule has 0 aromatic carbocycles. The Labute approximate surface area is 389 Å². The maximum absolute atomic E-state index is 12.7. The lowest BCUT2D eigenvalue weighted by Crippen LogP contribution is -2.37. The van der Waals surface area contributed by atoms with Crippen LogP contribution >= 0.6 is 7.82 Å². The van der Waals surface area contributed by atoms with E-state index in [1.807, 2.05) is 63.7 Å². The van der Waals surface area contributed by atoms with Crippen LogP contribution in [-0.4, -0.2) is 81.2 Å². The minimum atomic E-state index is -4.67. The summed E-state index contributed by atoms with van der Waals surface area (Å²) in [5.74, 6) is -0.979. The molecule has 0 fully saturated rings. The van der Waals surface area contributed by atoms with Crippen molar-refractivity contribution in [2.24, 2.45) is 0 Å². The molecule has 0 spiro atoms. The molecule has 10 nitrogen and oxygen atoms in total. The smallest absolute Gasteiger partial charge is 0.306 e. The van der Waals surface area contributed by atoms with Gasteiger partial charge in [0.15, 0.2) is 6.10 Å². The van der Waals surface area contributed by atoms with Gasteiger partial charge in [-0.3, -0.25) is 14.2 Å². The van der Waals surface area contributed by atoms with Crippen molar-refractivity contribution < 1.29 is 47.2 Å². The SMILES string of the molecule is CC/C=C\CC(O)/C=C/C=C/C/C=C\C/C=C\C/C=C\CCC(=O)OC[C@H](COP(=O)([O-])OCC[N+](C)(C)C)OC(=O)CCCCCCCC/C=C\C/C=C\C/C=C\CCCCCC. The van der Waals surface area contributed by atoms with Crippen molar-refractivity contribution in [2.75, 3.05) is 47.5 Å². The fraction of sp³-hybridized carbons (Fsp3) is 0.623. The van der Waals surface area contributed by atoms with Gasteiger partial charge in [0, 0.05) is 12.8 Å². The Hall–Kier alpha value is -3.37. The lowest BCUT2D eigenvalue weighted by atomic mass is 10.1. The quantitative estimate of drug-likeness (QED) is 0.0159. The Kier molecular flexibility index (Phi) is 41.2. The van der Waals surface area contributed by atoms with Crippen molar-refractivity contribution in [1.82, 2.24) is 0 Å². The zero-order valence-electron chi connectivity index (χ0n) is 40.5. The summed E-state index contributed by atoms with van der Waals surface area (Å²) in [4.78, 5) is 37.6.